The van der Waals surface area contributed by atoms with E-state index in [1.807, 2.05) is 7.05 Å². The number of halogens is 3. The maximum atomic E-state index is 12.1. The molecule has 3 N–H and O–H groups in total. The molecule has 0 aromatic heterocycles. The molecule has 1 atom stereocenters. The summed E-state index contributed by atoms with van der Waals surface area (Å²) >= 11 is 11.8. The van der Waals surface area contributed by atoms with Crippen LogP contribution in [0.2, 0.25) is 10.0 Å². The lowest BCUT2D eigenvalue weighted by Crippen LogP contribution is -2.45. The molecule has 0 fully saturated rings. The van der Waals surface area contributed by atoms with Crippen molar-refractivity contribution in [3.63, 3.8) is 0 Å². The van der Waals surface area contributed by atoms with Gasteiger partial charge in [0.15, 0.2) is 0 Å². The van der Waals surface area contributed by atoms with Crippen molar-refractivity contribution in [2.45, 2.75) is 19.4 Å². The van der Waals surface area contributed by atoms with Gasteiger partial charge in [0.05, 0.1) is 15.6 Å². The van der Waals surface area contributed by atoms with Gasteiger partial charge in [0.1, 0.15) is 6.04 Å². The Hall–Kier alpha value is -1.01. The van der Waals surface area contributed by atoms with E-state index in [1.165, 1.54) is 0 Å². The van der Waals surface area contributed by atoms with Crippen molar-refractivity contribution in [2.75, 3.05) is 20.1 Å². The second kappa shape index (κ2) is 10.7. The summed E-state index contributed by atoms with van der Waals surface area (Å²) in [7, 11) is 1.85. The minimum absolute atomic E-state index is 0. The number of carbonyl (C=O) groups excluding carboxylic acids is 2. The van der Waals surface area contributed by atoms with Gasteiger partial charge in [-0.25, -0.2) is 0 Å². The minimum Gasteiger partial charge on any atom is -0.354 e. The molecular weight excluding hydrogens is 349 g/mol. The molecule has 1 unspecified atom stereocenters. The summed E-state index contributed by atoms with van der Waals surface area (Å²) in [6.45, 7) is 2.99. The standard InChI is InChI=1S/C14H19Cl2N3O2.ClH/c1-9(13(20)18-8-4-7-17-2)19-14(21)10-5-3-6-11(15)12(10)16;/h3,5-6,9,17H,4,7-8H2,1-2H3,(H,18,20)(H,19,21);1H. The number of benzene rings is 1. The van der Waals surface area contributed by atoms with Crippen LogP contribution in [0.5, 0.6) is 0 Å². The predicted molar refractivity (Wildman–Crippen MR) is 92.2 cm³/mol. The highest BCUT2D eigenvalue weighted by atomic mass is 35.5. The average Bonchev–Trinajstić information content (AvgIpc) is 2.46. The van der Waals surface area contributed by atoms with Gasteiger partial charge in [0.2, 0.25) is 5.91 Å². The number of amides is 2. The highest BCUT2D eigenvalue weighted by molar-refractivity contribution is 6.43. The molecule has 0 aliphatic carbocycles. The topological polar surface area (TPSA) is 70.2 Å². The molecule has 0 heterocycles. The summed E-state index contributed by atoms with van der Waals surface area (Å²) in [5, 5.41) is 8.81. The summed E-state index contributed by atoms with van der Waals surface area (Å²) in [5.41, 5.74) is 0.249. The van der Waals surface area contributed by atoms with Gasteiger partial charge in [-0.2, -0.15) is 0 Å². The monoisotopic (exact) mass is 367 g/mol. The van der Waals surface area contributed by atoms with E-state index in [1.54, 1.807) is 25.1 Å². The number of rotatable bonds is 7. The van der Waals surface area contributed by atoms with Gasteiger partial charge >= 0.3 is 0 Å². The van der Waals surface area contributed by atoms with Crippen LogP contribution in [-0.2, 0) is 4.79 Å². The molecule has 1 rings (SSSR count). The molecule has 124 valence electrons. The molecule has 8 heteroatoms. The molecule has 1 aromatic carbocycles. The number of carbonyl (C=O) groups is 2. The lowest BCUT2D eigenvalue weighted by atomic mass is 10.2. The van der Waals surface area contributed by atoms with Gasteiger partial charge in [-0.15, -0.1) is 12.4 Å². The Kier molecular flexibility index (Phi) is 10.2. The normalized spacial score (nSPS) is 11.3. The summed E-state index contributed by atoms with van der Waals surface area (Å²) in [6, 6.07) is 4.13. The fourth-order valence-corrected chi connectivity index (χ4v) is 2.04. The van der Waals surface area contributed by atoms with Crippen molar-refractivity contribution in [1.29, 1.82) is 0 Å². The van der Waals surface area contributed by atoms with Crippen LogP contribution < -0.4 is 16.0 Å². The van der Waals surface area contributed by atoms with Crippen molar-refractivity contribution in [3.05, 3.63) is 33.8 Å². The lowest BCUT2D eigenvalue weighted by Gasteiger charge is -2.15. The zero-order chi connectivity index (χ0) is 15.8. The van der Waals surface area contributed by atoms with E-state index in [9.17, 15) is 9.59 Å². The SMILES string of the molecule is CNCCCNC(=O)C(C)NC(=O)c1cccc(Cl)c1Cl.Cl. The molecule has 22 heavy (non-hydrogen) atoms. The molecule has 0 bridgehead atoms. The molecule has 2 amide bonds. The Morgan fingerprint density at radius 1 is 1.23 bits per heavy atom. The quantitative estimate of drug-likeness (QED) is 0.647. The van der Waals surface area contributed by atoms with E-state index in [-0.39, 0.29) is 28.9 Å². The smallest absolute Gasteiger partial charge is 0.253 e. The summed E-state index contributed by atoms with van der Waals surface area (Å²) < 4.78 is 0. The van der Waals surface area contributed by atoms with Crippen LogP contribution in [0.25, 0.3) is 0 Å². The van der Waals surface area contributed by atoms with Gasteiger partial charge in [-0.1, -0.05) is 29.3 Å². The summed E-state index contributed by atoms with van der Waals surface area (Å²) in [4.78, 5) is 23.9. The third kappa shape index (κ3) is 6.40. The van der Waals surface area contributed by atoms with Crippen LogP contribution in [0.4, 0.5) is 0 Å². The first-order valence-electron chi connectivity index (χ1n) is 6.64. The van der Waals surface area contributed by atoms with E-state index in [4.69, 9.17) is 23.2 Å². The first kappa shape index (κ1) is 21.0. The van der Waals surface area contributed by atoms with E-state index in [0.717, 1.165) is 13.0 Å². The Balaban J connectivity index is 0.00000441. The maximum Gasteiger partial charge on any atom is 0.253 e. The van der Waals surface area contributed by atoms with Crippen molar-refractivity contribution < 1.29 is 9.59 Å². The number of hydrogen-bond donors (Lipinski definition) is 3. The van der Waals surface area contributed by atoms with E-state index >= 15 is 0 Å². The van der Waals surface area contributed by atoms with Crippen LogP contribution in [0.15, 0.2) is 18.2 Å². The molecule has 0 spiro atoms. The van der Waals surface area contributed by atoms with E-state index in [2.05, 4.69) is 16.0 Å². The zero-order valence-corrected chi connectivity index (χ0v) is 14.7. The molecule has 0 aliphatic rings. The van der Waals surface area contributed by atoms with Crippen molar-refractivity contribution in [3.8, 4) is 0 Å². The molecule has 0 saturated carbocycles. The maximum absolute atomic E-state index is 12.1. The van der Waals surface area contributed by atoms with Gasteiger partial charge in [-0.3, -0.25) is 9.59 Å². The van der Waals surface area contributed by atoms with Gasteiger partial charge in [-0.05, 0) is 39.1 Å². The van der Waals surface area contributed by atoms with Gasteiger partial charge < -0.3 is 16.0 Å². The van der Waals surface area contributed by atoms with Crippen molar-refractivity contribution in [2.24, 2.45) is 0 Å². The predicted octanol–water partition coefficient (Wildman–Crippen LogP) is 2.26. The molecule has 5 nitrogen and oxygen atoms in total. The Morgan fingerprint density at radius 2 is 1.91 bits per heavy atom. The average molecular weight is 369 g/mol. The zero-order valence-electron chi connectivity index (χ0n) is 12.4. The first-order valence-corrected chi connectivity index (χ1v) is 7.40. The largest absolute Gasteiger partial charge is 0.354 e. The number of nitrogens with one attached hydrogen (secondary N) is 3. The molecule has 0 saturated heterocycles. The Labute approximate surface area is 146 Å². The third-order valence-electron chi connectivity index (χ3n) is 2.84. The lowest BCUT2D eigenvalue weighted by molar-refractivity contribution is -0.122. The molecule has 0 radical (unpaired) electrons. The third-order valence-corrected chi connectivity index (χ3v) is 3.66. The second-order valence-corrected chi connectivity index (χ2v) is 5.33. The minimum atomic E-state index is -0.651. The van der Waals surface area contributed by atoms with Crippen molar-refractivity contribution in [1.82, 2.24) is 16.0 Å². The molecule has 0 aliphatic heterocycles. The van der Waals surface area contributed by atoms with Gasteiger partial charge in [0, 0.05) is 6.54 Å². The first-order chi connectivity index (χ1) is 9.97. The van der Waals surface area contributed by atoms with E-state index in [0.29, 0.717) is 11.6 Å². The highest BCUT2D eigenvalue weighted by Crippen LogP contribution is 2.25. The second-order valence-electron chi connectivity index (χ2n) is 4.54. The van der Waals surface area contributed by atoms with Crippen molar-refractivity contribution >= 4 is 47.4 Å². The molecular formula is C14H20Cl3N3O2. The van der Waals surface area contributed by atoms with Crippen LogP contribution in [-0.4, -0.2) is 38.0 Å². The van der Waals surface area contributed by atoms with Crippen LogP contribution in [0.1, 0.15) is 23.7 Å². The fraction of sp³-hybridized carbons (Fsp3) is 0.429. The summed E-state index contributed by atoms with van der Waals surface area (Å²) in [5.74, 6) is -0.669. The van der Waals surface area contributed by atoms with Gasteiger partial charge in [0.25, 0.3) is 5.91 Å². The Morgan fingerprint density at radius 3 is 2.55 bits per heavy atom. The van der Waals surface area contributed by atoms with E-state index < -0.39 is 11.9 Å². The molecule has 1 aromatic rings. The number of hydrogen-bond acceptors (Lipinski definition) is 3. The fourth-order valence-electron chi connectivity index (χ4n) is 1.65. The van der Waals surface area contributed by atoms with Crippen LogP contribution in [0, 0.1) is 0 Å². The summed E-state index contributed by atoms with van der Waals surface area (Å²) in [6.07, 6.45) is 0.822. The van der Waals surface area contributed by atoms with Crippen LogP contribution in [0.3, 0.4) is 0 Å². The Bertz CT molecular complexity index is 512. The highest BCUT2D eigenvalue weighted by Gasteiger charge is 2.18. The van der Waals surface area contributed by atoms with Crippen LogP contribution >= 0.6 is 35.6 Å².